The first-order valence-corrected chi connectivity index (χ1v) is 9.68. The highest BCUT2D eigenvalue weighted by Crippen LogP contribution is 2.42. The molecule has 2 heteroatoms. The van der Waals surface area contributed by atoms with Crippen LogP contribution in [0.2, 0.25) is 0 Å². The zero-order chi connectivity index (χ0) is 18.3. The number of para-hydroxylation sites is 1. The Hall–Kier alpha value is -3.13. The molecular formula is C25H21N2+. The van der Waals surface area contributed by atoms with Crippen LogP contribution in [0.5, 0.6) is 0 Å². The van der Waals surface area contributed by atoms with Gasteiger partial charge in [-0.2, -0.15) is 0 Å². The summed E-state index contributed by atoms with van der Waals surface area (Å²) in [6.07, 6.45) is 3.24. The Morgan fingerprint density at radius 3 is 2.56 bits per heavy atom. The number of fused-ring (bicyclic) bond motifs is 6. The molecule has 3 heterocycles. The summed E-state index contributed by atoms with van der Waals surface area (Å²) < 4.78 is 4.79. The number of benzene rings is 3. The van der Waals surface area contributed by atoms with Crippen molar-refractivity contribution in [2.75, 3.05) is 0 Å². The third-order valence-electron chi connectivity index (χ3n) is 6.23. The average molecular weight is 349 g/mol. The minimum atomic E-state index is 1.04. The Morgan fingerprint density at radius 1 is 0.889 bits per heavy atom. The molecule has 0 aliphatic rings. The maximum atomic E-state index is 2.50. The van der Waals surface area contributed by atoms with Gasteiger partial charge < -0.3 is 4.40 Å². The quantitative estimate of drug-likeness (QED) is 0.205. The highest BCUT2D eigenvalue weighted by atomic mass is 15.0. The van der Waals surface area contributed by atoms with Crippen molar-refractivity contribution < 1.29 is 4.57 Å². The van der Waals surface area contributed by atoms with E-state index < -0.39 is 0 Å². The van der Waals surface area contributed by atoms with Crippen LogP contribution >= 0.6 is 0 Å². The minimum absolute atomic E-state index is 1.04. The smallest absolute Gasteiger partial charge is 0.224 e. The van der Waals surface area contributed by atoms with E-state index in [1.165, 1.54) is 60.1 Å². The Bertz CT molecular complexity index is 1520. The van der Waals surface area contributed by atoms with Gasteiger partial charge in [-0.15, -0.1) is 0 Å². The largest absolute Gasteiger partial charge is 0.307 e. The van der Waals surface area contributed by atoms with E-state index in [2.05, 4.69) is 90.7 Å². The van der Waals surface area contributed by atoms with E-state index in [9.17, 15) is 0 Å². The van der Waals surface area contributed by atoms with Crippen LogP contribution in [0.3, 0.4) is 0 Å². The van der Waals surface area contributed by atoms with Gasteiger partial charge in [-0.25, -0.2) is 4.57 Å². The van der Waals surface area contributed by atoms with Gasteiger partial charge in [0.05, 0.1) is 27.3 Å². The second kappa shape index (κ2) is 4.98. The molecule has 0 radical (unpaired) electrons. The molecule has 0 spiro atoms. The van der Waals surface area contributed by atoms with Crippen molar-refractivity contribution in [3.63, 3.8) is 0 Å². The highest BCUT2D eigenvalue weighted by molar-refractivity contribution is 6.28. The van der Waals surface area contributed by atoms with E-state index in [-0.39, 0.29) is 0 Å². The molecule has 0 fully saturated rings. The van der Waals surface area contributed by atoms with Crippen molar-refractivity contribution in [3.05, 3.63) is 71.9 Å². The molecule has 0 atom stereocenters. The molecule has 0 amide bonds. The topological polar surface area (TPSA) is 8.29 Å². The minimum Gasteiger partial charge on any atom is -0.307 e. The molecule has 0 saturated heterocycles. The second-order valence-corrected chi connectivity index (χ2v) is 7.67. The summed E-state index contributed by atoms with van der Waals surface area (Å²) in [5, 5.41) is 6.85. The van der Waals surface area contributed by atoms with Crippen LogP contribution in [0.25, 0.3) is 49.0 Å². The fraction of sp³-hybridized carbons (Fsp3) is 0.160. The van der Waals surface area contributed by atoms with Crippen LogP contribution in [0.1, 0.15) is 18.1 Å². The first-order valence-electron chi connectivity index (χ1n) is 9.68. The Labute approximate surface area is 157 Å². The van der Waals surface area contributed by atoms with Gasteiger partial charge in [0.2, 0.25) is 5.52 Å². The van der Waals surface area contributed by atoms with Crippen molar-refractivity contribution in [2.45, 2.75) is 20.3 Å². The van der Waals surface area contributed by atoms with E-state index in [1.54, 1.807) is 0 Å². The summed E-state index contributed by atoms with van der Waals surface area (Å²) in [6, 6.07) is 20.2. The molecule has 6 aromatic rings. The number of nitrogens with zero attached hydrogens (tertiary/aromatic N) is 2. The SMILES string of the molecule is CCc1cc2cc[n+](C)c3c4c(C)cccc4n4c5ccccc5c1c4c23. The van der Waals surface area contributed by atoms with Crippen molar-refractivity contribution in [1.29, 1.82) is 0 Å². The molecule has 0 aliphatic heterocycles. The molecule has 3 aromatic heterocycles. The summed E-state index contributed by atoms with van der Waals surface area (Å²) >= 11 is 0. The summed E-state index contributed by atoms with van der Waals surface area (Å²) in [7, 11) is 2.17. The van der Waals surface area contributed by atoms with Crippen molar-refractivity contribution in [2.24, 2.45) is 7.05 Å². The van der Waals surface area contributed by atoms with Gasteiger partial charge in [-0.1, -0.05) is 37.3 Å². The zero-order valence-corrected chi connectivity index (χ0v) is 15.9. The first kappa shape index (κ1) is 15.0. The lowest BCUT2D eigenvalue weighted by atomic mass is 9.96. The molecule has 0 N–H and O–H groups in total. The fourth-order valence-corrected chi connectivity index (χ4v) is 5.07. The van der Waals surface area contributed by atoms with Gasteiger partial charge in [-0.3, -0.25) is 0 Å². The van der Waals surface area contributed by atoms with E-state index in [0.29, 0.717) is 0 Å². The number of pyridine rings is 2. The molecule has 3 aromatic carbocycles. The second-order valence-electron chi connectivity index (χ2n) is 7.67. The van der Waals surface area contributed by atoms with Crippen LogP contribution < -0.4 is 4.57 Å². The molecule has 6 rings (SSSR count). The van der Waals surface area contributed by atoms with Crippen LogP contribution in [-0.4, -0.2) is 4.40 Å². The predicted octanol–water partition coefficient (Wildman–Crippen LogP) is 5.69. The van der Waals surface area contributed by atoms with Gasteiger partial charge in [0.1, 0.15) is 7.05 Å². The van der Waals surface area contributed by atoms with E-state index >= 15 is 0 Å². The summed E-state index contributed by atoms with van der Waals surface area (Å²) in [5.74, 6) is 0. The number of aromatic nitrogens is 2. The number of hydrogen-bond acceptors (Lipinski definition) is 0. The molecule has 0 bridgehead atoms. The summed E-state index contributed by atoms with van der Waals surface area (Å²) in [4.78, 5) is 0. The fourth-order valence-electron chi connectivity index (χ4n) is 5.07. The van der Waals surface area contributed by atoms with Gasteiger partial charge >= 0.3 is 0 Å². The Balaban J connectivity index is 2.16. The molecule has 27 heavy (non-hydrogen) atoms. The van der Waals surface area contributed by atoms with Crippen LogP contribution in [0.4, 0.5) is 0 Å². The first-order chi connectivity index (χ1) is 13.2. The van der Waals surface area contributed by atoms with Crippen LogP contribution in [0.15, 0.2) is 60.8 Å². The van der Waals surface area contributed by atoms with E-state index in [1.807, 2.05) is 0 Å². The molecule has 0 saturated carbocycles. The molecule has 0 aliphatic carbocycles. The van der Waals surface area contributed by atoms with Gasteiger partial charge in [0.15, 0.2) is 6.20 Å². The maximum Gasteiger partial charge on any atom is 0.224 e. The van der Waals surface area contributed by atoms with E-state index in [0.717, 1.165) is 6.42 Å². The molecular weight excluding hydrogens is 328 g/mol. The molecule has 2 nitrogen and oxygen atoms in total. The number of aryl methyl sites for hydroxylation is 3. The summed E-state index contributed by atoms with van der Waals surface area (Å²) in [6.45, 7) is 4.49. The van der Waals surface area contributed by atoms with Gasteiger partial charge in [-0.05, 0) is 48.1 Å². The lowest BCUT2D eigenvalue weighted by Gasteiger charge is -2.14. The number of rotatable bonds is 1. The van der Waals surface area contributed by atoms with Crippen molar-refractivity contribution in [3.8, 4) is 0 Å². The lowest BCUT2D eigenvalue weighted by Crippen LogP contribution is -2.28. The monoisotopic (exact) mass is 349 g/mol. The lowest BCUT2D eigenvalue weighted by molar-refractivity contribution is -0.643. The van der Waals surface area contributed by atoms with Crippen LogP contribution in [0, 0.1) is 6.92 Å². The number of hydrogen-bond donors (Lipinski definition) is 0. The zero-order valence-electron chi connectivity index (χ0n) is 15.9. The molecule has 130 valence electrons. The third kappa shape index (κ3) is 1.69. The van der Waals surface area contributed by atoms with Gasteiger partial charge in [0, 0.05) is 16.8 Å². The average Bonchev–Trinajstić information content (AvgIpc) is 3.04. The molecule has 0 unspecified atom stereocenters. The maximum absolute atomic E-state index is 2.50. The van der Waals surface area contributed by atoms with Crippen LogP contribution in [-0.2, 0) is 13.5 Å². The predicted molar refractivity (Wildman–Crippen MR) is 114 cm³/mol. The van der Waals surface area contributed by atoms with E-state index in [4.69, 9.17) is 0 Å². The Morgan fingerprint density at radius 2 is 1.70 bits per heavy atom. The van der Waals surface area contributed by atoms with Gasteiger partial charge in [0.25, 0.3) is 0 Å². The van der Waals surface area contributed by atoms with Crippen molar-refractivity contribution in [1.82, 2.24) is 4.40 Å². The summed E-state index contributed by atoms with van der Waals surface area (Å²) in [5.41, 5.74) is 8.07. The normalized spacial score (nSPS) is 12.4. The Kier molecular flexibility index (Phi) is 2.76. The third-order valence-corrected chi connectivity index (χ3v) is 6.23. The van der Waals surface area contributed by atoms with Crippen molar-refractivity contribution >= 4 is 49.0 Å². The highest BCUT2D eigenvalue weighted by Gasteiger charge is 2.24. The standard InChI is InChI=1S/C25H21N2/c1-4-16-14-17-12-13-26(3)24-21-15(2)8-7-11-20(21)27-19-10-6-5-9-18(19)22(16)25(27)23(17)24/h5-14H,4H2,1-3H3/q+1.